The number of ketones is 1. The molecule has 5 rings (SSSR count). The van der Waals surface area contributed by atoms with Gasteiger partial charge in [0.05, 0.1) is 23.5 Å². The summed E-state index contributed by atoms with van der Waals surface area (Å²) in [6.45, 7) is 11.9. The van der Waals surface area contributed by atoms with Crippen molar-refractivity contribution in [1.82, 2.24) is 24.2 Å². The second-order valence-corrected chi connectivity index (χ2v) is 11.3. The van der Waals surface area contributed by atoms with Gasteiger partial charge >= 0.3 is 6.09 Å². The van der Waals surface area contributed by atoms with Gasteiger partial charge < -0.3 is 4.74 Å². The molecule has 190 valence electrons. The molecule has 2 aliphatic heterocycles. The van der Waals surface area contributed by atoms with Gasteiger partial charge in [0.1, 0.15) is 11.4 Å². The number of aromatic nitrogens is 3. The van der Waals surface area contributed by atoms with Gasteiger partial charge in [-0.15, -0.1) is 0 Å². The third-order valence-corrected chi connectivity index (χ3v) is 6.98. The fourth-order valence-electron chi connectivity index (χ4n) is 5.38. The number of fused-ring (bicyclic) bond motifs is 3. The Hall–Kier alpha value is -3.26. The third-order valence-electron chi connectivity index (χ3n) is 6.98. The molecule has 2 bridgehead atoms. The number of benzene rings is 1. The van der Waals surface area contributed by atoms with Gasteiger partial charge in [-0.1, -0.05) is 38.1 Å². The van der Waals surface area contributed by atoms with Crippen molar-refractivity contribution in [3.63, 3.8) is 0 Å². The van der Waals surface area contributed by atoms with Gasteiger partial charge in [-0.2, -0.15) is 0 Å². The molecule has 2 fully saturated rings. The Kier molecular flexibility index (Phi) is 6.32. The molecule has 2 aliphatic rings. The predicted octanol–water partition coefficient (Wildman–Crippen LogP) is 4.67. The molecule has 3 aromatic rings. The molecule has 36 heavy (non-hydrogen) atoms. The lowest BCUT2D eigenvalue weighted by Crippen LogP contribution is -2.64. The summed E-state index contributed by atoms with van der Waals surface area (Å²) in [6, 6.07) is 10.1. The molecule has 2 unspecified atom stereocenters. The van der Waals surface area contributed by atoms with Gasteiger partial charge in [0.2, 0.25) is 5.78 Å². The number of Topliss-reactive ketones (excluding diaryl/α,β-unsaturated/α-hetero) is 1. The minimum Gasteiger partial charge on any atom is -0.444 e. The van der Waals surface area contributed by atoms with Gasteiger partial charge in [-0.3, -0.25) is 19.0 Å². The van der Waals surface area contributed by atoms with Crippen LogP contribution in [-0.2, 0) is 16.1 Å². The fourth-order valence-corrected chi connectivity index (χ4v) is 5.38. The van der Waals surface area contributed by atoms with Crippen LogP contribution >= 0.6 is 0 Å². The number of piperidine rings is 1. The largest absolute Gasteiger partial charge is 0.444 e. The highest BCUT2D eigenvalue weighted by Gasteiger charge is 2.44. The SMILES string of the molecule is CC(C)c1ccc(-c2nc3ncccn3c2CN2CC3CC(=O)CC(C2)N3C(=O)OC(C)(C)C)cc1. The zero-order chi connectivity index (χ0) is 25.6. The van der Waals surface area contributed by atoms with E-state index < -0.39 is 5.60 Å². The molecule has 8 heteroatoms. The summed E-state index contributed by atoms with van der Waals surface area (Å²) in [6.07, 6.45) is 4.16. The third kappa shape index (κ3) is 4.87. The van der Waals surface area contributed by atoms with Crippen LogP contribution < -0.4 is 0 Å². The lowest BCUT2D eigenvalue weighted by Gasteiger charge is -2.49. The molecule has 0 aliphatic carbocycles. The van der Waals surface area contributed by atoms with Crippen LogP contribution in [0.15, 0.2) is 42.7 Å². The zero-order valence-electron chi connectivity index (χ0n) is 21.8. The van der Waals surface area contributed by atoms with Crippen molar-refractivity contribution in [1.29, 1.82) is 0 Å². The van der Waals surface area contributed by atoms with Gasteiger partial charge in [-0.05, 0) is 38.3 Å². The Morgan fingerprint density at radius 1 is 1.11 bits per heavy atom. The van der Waals surface area contributed by atoms with E-state index in [1.165, 1.54) is 5.56 Å². The van der Waals surface area contributed by atoms with Gasteiger partial charge in [0.15, 0.2) is 0 Å². The average Bonchev–Trinajstić information content (AvgIpc) is 3.15. The van der Waals surface area contributed by atoms with Crippen LogP contribution in [0.5, 0.6) is 0 Å². The average molecular weight is 490 g/mol. The van der Waals surface area contributed by atoms with E-state index in [0.29, 0.717) is 44.2 Å². The molecule has 1 amide bonds. The number of hydrogen-bond donors (Lipinski definition) is 0. The molecule has 2 atom stereocenters. The van der Waals surface area contributed by atoms with E-state index in [2.05, 4.69) is 48.0 Å². The van der Waals surface area contributed by atoms with Crippen LogP contribution in [0.2, 0.25) is 0 Å². The Bertz CT molecular complexity index is 1260. The second-order valence-electron chi connectivity index (χ2n) is 11.3. The van der Waals surface area contributed by atoms with Crippen molar-refractivity contribution in [2.24, 2.45) is 0 Å². The Balaban J connectivity index is 1.44. The van der Waals surface area contributed by atoms with E-state index in [1.807, 2.05) is 42.3 Å². The molecule has 0 N–H and O–H groups in total. The second kappa shape index (κ2) is 9.32. The molecular formula is C28H35N5O3. The number of amides is 1. The Morgan fingerprint density at radius 2 is 1.78 bits per heavy atom. The summed E-state index contributed by atoms with van der Waals surface area (Å²) in [5, 5.41) is 0. The number of imidazole rings is 1. The number of piperazine rings is 1. The van der Waals surface area contributed by atoms with E-state index >= 15 is 0 Å². The molecule has 0 spiro atoms. The first-order valence-corrected chi connectivity index (χ1v) is 12.8. The number of carbonyl (C=O) groups excluding carboxylic acids is 2. The highest BCUT2D eigenvalue weighted by Crippen LogP contribution is 2.32. The summed E-state index contributed by atoms with van der Waals surface area (Å²) >= 11 is 0. The first-order chi connectivity index (χ1) is 17.1. The summed E-state index contributed by atoms with van der Waals surface area (Å²) < 4.78 is 7.73. The minimum absolute atomic E-state index is 0.189. The number of ether oxygens (including phenoxy) is 1. The molecule has 1 aromatic carbocycles. The predicted molar refractivity (Wildman–Crippen MR) is 138 cm³/mol. The van der Waals surface area contributed by atoms with Crippen LogP contribution in [0.25, 0.3) is 17.0 Å². The maximum Gasteiger partial charge on any atom is 0.410 e. The quantitative estimate of drug-likeness (QED) is 0.530. The monoisotopic (exact) mass is 489 g/mol. The van der Waals surface area contributed by atoms with E-state index in [0.717, 1.165) is 17.0 Å². The summed E-state index contributed by atoms with van der Waals surface area (Å²) in [5.74, 6) is 1.34. The van der Waals surface area contributed by atoms with Crippen molar-refractivity contribution in [2.75, 3.05) is 13.1 Å². The van der Waals surface area contributed by atoms with Crippen molar-refractivity contribution >= 4 is 17.7 Å². The minimum atomic E-state index is -0.573. The van der Waals surface area contributed by atoms with Crippen LogP contribution in [-0.4, -0.2) is 66.8 Å². The lowest BCUT2D eigenvalue weighted by atomic mass is 9.90. The van der Waals surface area contributed by atoms with Crippen molar-refractivity contribution < 1.29 is 14.3 Å². The molecule has 4 heterocycles. The maximum absolute atomic E-state index is 13.0. The smallest absolute Gasteiger partial charge is 0.410 e. The molecule has 2 saturated heterocycles. The molecule has 0 radical (unpaired) electrons. The summed E-state index contributed by atoms with van der Waals surface area (Å²) in [5.41, 5.74) is 3.75. The molecule has 2 aromatic heterocycles. The van der Waals surface area contributed by atoms with Crippen LogP contribution in [0.1, 0.15) is 64.6 Å². The zero-order valence-corrected chi connectivity index (χ0v) is 21.8. The summed E-state index contributed by atoms with van der Waals surface area (Å²) in [4.78, 5) is 38.9. The van der Waals surface area contributed by atoms with Gasteiger partial charge in [0, 0.05) is 50.4 Å². The molecular weight excluding hydrogens is 454 g/mol. The number of carbonyl (C=O) groups is 2. The standard InChI is InChI=1S/C28H35N5O3/c1-18(2)19-7-9-20(10-8-19)25-24(32-12-6-11-29-26(32)30-25)17-31-15-21-13-23(34)14-22(16-31)33(21)27(35)36-28(3,4)5/h6-12,18,21-22H,13-17H2,1-5H3. The van der Waals surface area contributed by atoms with Crippen LogP contribution in [0.3, 0.4) is 0 Å². The van der Waals surface area contributed by atoms with E-state index in [4.69, 9.17) is 9.72 Å². The van der Waals surface area contributed by atoms with Gasteiger partial charge in [0.25, 0.3) is 0 Å². The highest BCUT2D eigenvalue weighted by molar-refractivity contribution is 5.83. The van der Waals surface area contributed by atoms with Crippen LogP contribution in [0, 0.1) is 0 Å². The highest BCUT2D eigenvalue weighted by atomic mass is 16.6. The molecule has 0 saturated carbocycles. The number of nitrogens with zero attached hydrogens (tertiary/aromatic N) is 5. The Labute approximate surface area is 212 Å². The van der Waals surface area contributed by atoms with Crippen molar-refractivity contribution in [3.05, 3.63) is 54.0 Å². The number of hydrogen-bond acceptors (Lipinski definition) is 6. The van der Waals surface area contributed by atoms with Crippen molar-refractivity contribution in [2.45, 2.75) is 77.6 Å². The topological polar surface area (TPSA) is 80.0 Å². The number of rotatable bonds is 4. The molecule has 8 nitrogen and oxygen atoms in total. The van der Waals surface area contributed by atoms with Gasteiger partial charge in [-0.25, -0.2) is 14.8 Å². The summed E-state index contributed by atoms with van der Waals surface area (Å²) in [7, 11) is 0. The van der Waals surface area contributed by atoms with Crippen molar-refractivity contribution in [3.8, 4) is 11.3 Å². The maximum atomic E-state index is 13.0. The van der Waals surface area contributed by atoms with E-state index in [1.54, 1.807) is 6.20 Å². The Morgan fingerprint density at radius 3 is 2.39 bits per heavy atom. The first-order valence-electron chi connectivity index (χ1n) is 12.8. The first kappa shape index (κ1) is 24.4. The van der Waals surface area contributed by atoms with Crippen LogP contribution in [0.4, 0.5) is 4.79 Å². The van der Waals surface area contributed by atoms with E-state index in [-0.39, 0.29) is 24.0 Å². The fraction of sp³-hybridized carbons (Fsp3) is 0.500. The lowest BCUT2D eigenvalue weighted by molar-refractivity contribution is -0.128. The normalized spacial score (nSPS) is 20.8. The number of likely N-dealkylation sites (tertiary alicyclic amines) is 1. The van der Waals surface area contributed by atoms with E-state index in [9.17, 15) is 9.59 Å².